The van der Waals surface area contributed by atoms with Gasteiger partial charge in [-0.1, -0.05) is 0 Å². The highest BCUT2D eigenvalue weighted by Gasteiger charge is 2.26. The average molecular weight is 382 g/mol. The van der Waals surface area contributed by atoms with Crippen LogP contribution in [0.25, 0.3) is 43.1 Å². The van der Waals surface area contributed by atoms with Gasteiger partial charge in [0, 0.05) is 43.1 Å². The third kappa shape index (κ3) is 1.90. The maximum Gasteiger partial charge on any atom is 0.231 e. The van der Waals surface area contributed by atoms with E-state index in [1.54, 1.807) is 24.3 Å². The lowest BCUT2D eigenvalue weighted by Gasteiger charge is -2.12. The highest BCUT2D eigenvalue weighted by Crippen LogP contribution is 2.48. The lowest BCUT2D eigenvalue weighted by Crippen LogP contribution is -2.11. The van der Waals surface area contributed by atoms with Crippen molar-refractivity contribution in [2.24, 2.45) is 0 Å². The van der Waals surface area contributed by atoms with Crippen molar-refractivity contribution < 1.29 is 9.47 Å². The molecule has 0 bridgehead atoms. The standard InChI is InChI=1S/C23H10O6/c24-14-5-7-16(26)18-10(14)1-3-12-20(18)21-13(23-22(12)28-9-29-23)4-2-11-15(25)6-8-17(27)19(11)21/h1-8H,9H2. The summed E-state index contributed by atoms with van der Waals surface area (Å²) in [4.78, 5) is 50.5. The summed E-state index contributed by atoms with van der Waals surface area (Å²) in [7, 11) is 0. The molecule has 0 amide bonds. The Morgan fingerprint density at radius 3 is 1.28 bits per heavy atom. The zero-order valence-corrected chi connectivity index (χ0v) is 14.8. The first-order valence-corrected chi connectivity index (χ1v) is 8.94. The van der Waals surface area contributed by atoms with E-state index in [9.17, 15) is 19.2 Å². The smallest absolute Gasteiger partial charge is 0.231 e. The van der Waals surface area contributed by atoms with Crippen molar-refractivity contribution in [3.63, 3.8) is 0 Å². The second-order valence-electron chi connectivity index (χ2n) is 7.01. The Labute approximate surface area is 160 Å². The highest BCUT2D eigenvalue weighted by atomic mass is 16.7. The summed E-state index contributed by atoms with van der Waals surface area (Å²) in [6.45, 7) is -0.00270. The molecule has 0 unspecified atom stereocenters. The fraction of sp³-hybridized carbons (Fsp3) is 0.0435. The van der Waals surface area contributed by atoms with Gasteiger partial charge in [-0.2, -0.15) is 0 Å². The Hall–Kier alpha value is -4.06. The number of hydrogen-bond donors (Lipinski definition) is 0. The minimum absolute atomic E-state index is 0.00270. The molecule has 5 aromatic carbocycles. The first-order chi connectivity index (χ1) is 14.1. The van der Waals surface area contributed by atoms with E-state index >= 15 is 0 Å². The molecule has 6 heteroatoms. The Kier molecular flexibility index (Phi) is 2.89. The van der Waals surface area contributed by atoms with Crippen molar-refractivity contribution in [2.45, 2.75) is 0 Å². The van der Waals surface area contributed by atoms with Gasteiger partial charge in [-0.15, -0.1) is 0 Å². The largest absolute Gasteiger partial charge is 0.453 e. The van der Waals surface area contributed by atoms with Crippen LogP contribution in [0.2, 0.25) is 0 Å². The maximum atomic E-state index is 12.8. The minimum Gasteiger partial charge on any atom is -0.453 e. The fourth-order valence-corrected chi connectivity index (χ4v) is 4.35. The molecule has 6 nitrogen and oxygen atoms in total. The van der Waals surface area contributed by atoms with Crippen LogP contribution in [-0.4, -0.2) is 6.79 Å². The molecule has 0 saturated heterocycles. The molecule has 29 heavy (non-hydrogen) atoms. The van der Waals surface area contributed by atoms with Gasteiger partial charge in [-0.3, -0.25) is 19.2 Å². The molecule has 0 aliphatic carbocycles. The van der Waals surface area contributed by atoms with Crippen LogP contribution in [0.3, 0.4) is 0 Å². The van der Waals surface area contributed by atoms with E-state index in [0.29, 0.717) is 33.0 Å². The summed E-state index contributed by atoms with van der Waals surface area (Å²) in [6.07, 6.45) is 0. The molecular formula is C23H10O6. The van der Waals surface area contributed by atoms with Gasteiger partial charge in [0.25, 0.3) is 0 Å². The molecule has 0 saturated carbocycles. The van der Waals surface area contributed by atoms with E-state index in [1.807, 2.05) is 0 Å². The summed E-state index contributed by atoms with van der Waals surface area (Å²) in [5, 5.41) is 2.91. The van der Waals surface area contributed by atoms with Crippen molar-refractivity contribution in [1.29, 1.82) is 0 Å². The third-order valence-electron chi connectivity index (χ3n) is 5.56. The molecule has 0 spiro atoms. The number of fused-ring (bicyclic) bond motifs is 10. The van der Waals surface area contributed by atoms with Gasteiger partial charge in [0.2, 0.25) is 6.79 Å². The second-order valence-corrected chi connectivity index (χ2v) is 7.01. The molecule has 5 aromatic rings. The first kappa shape index (κ1) is 15.9. The Bertz CT molecular complexity index is 1630. The van der Waals surface area contributed by atoms with E-state index in [0.717, 1.165) is 0 Å². The lowest BCUT2D eigenvalue weighted by atomic mass is 9.91. The Balaban J connectivity index is 2.13. The van der Waals surface area contributed by atoms with Crippen LogP contribution in [0.1, 0.15) is 0 Å². The van der Waals surface area contributed by atoms with Gasteiger partial charge in [0.1, 0.15) is 0 Å². The number of benzene rings is 5. The summed E-state index contributed by atoms with van der Waals surface area (Å²) >= 11 is 0. The molecule has 0 atom stereocenters. The van der Waals surface area contributed by atoms with Gasteiger partial charge in [-0.25, -0.2) is 0 Å². The van der Waals surface area contributed by atoms with E-state index < -0.39 is 0 Å². The predicted octanol–water partition coefficient (Wildman–Crippen LogP) is 2.34. The lowest BCUT2D eigenvalue weighted by molar-refractivity contribution is 0.175. The maximum absolute atomic E-state index is 12.8. The van der Waals surface area contributed by atoms with Crippen LogP contribution >= 0.6 is 0 Å². The summed E-state index contributed by atoms with van der Waals surface area (Å²) in [5.41, 5.74) is -1.26. The molecule has 1 aliphatic heterocycles. The summed E-state index contributed by atoms with van der Waals surface area (Å²) in [5.74, 6) is 0.908. The molecule has 0 fully saturated rings. The molecule has 6 rings (SSSR count). The Morgan fingerprint density at radius 2 is 0.828 bits per heavy atom. The second kappa shape index (κ2) is 5.26. The topological polar surface area (TPSA) is 86.7 Å². The summed E-state index contributed by atoms with van der Waals surface area (Å²) < 4.78 is 11.3. The average Bonchev–Trinajstić information content (AvgIpc) is 3.22. The van der Waals surface area contributed by atoms with Crippen molar-refractivity contribution in [1.82, 2.24) is 0 Å². The molecule has 0 aromatic heterocycles. The molecule has 0 N–H and O–H groups in total. The Morgan fingerprint density at radius 1 is 0.448 bits per heavy atom. The predicted molar refractivity (Wildman–Crippen MR) is 110 cm³/mol. The van der Waals surface area contributed by atoms with Crippen LogP contribution in [-0.2, 0) is 0 Å². The fourth-order valence-electron chi connectivity index (χ4n) is 4.35. The van der Waals surface area contributed by atoms with Gasteiger partial charge in [0.05, 0.1) is 0 Å². The van der Waals surface area contributed by atoms with Crippen molar-refractivity contribution >= 4 is 43.1 Å². The molecule has 1 aliphatic rings. The normalized spacial score (nSPS) is 13.1. The highest BCUT2D eigenvalue weighted by molar-refractivity contribution is 6.30. The third-order valence-corrected chi connectivity index (χ3v) is 5.56. The number of ether oxygens (including phenoxy) is 2. The van der Waals surface area contributed by atoms with Crippen molar-refractivity contribution in [3.05, 3.63) is 89.4 Å². The van der Waals surface area contributed by atoms with E-state index in [-0.39, 0.29) is 50.1 Å². The quantitative estimate of drug-likeness (QED) is 0.382. The molecule has 1 heterocycles. The first-order valence-electron chi connectivity index (χ1n) is 8.94. The van der Waals surface area contributed by atoms with Crippen molar-refractivity contribution in [3.8, 4) is 11.5 Å². The molecule has 0 radical (unpaired) electrons. The van der Waals surface area contributed by atoms with Crippen LogP contribution < -0.4 is 31.2 Å². The van der Waals surface area contributed by atoms with Gasteiger partial charge >= 0.3 is 0 Å². The monoisotopic (exact) mass is 382 g/mol. The van der Waals surface area contributed by atoms with Crippen LogP contribution in [0.5, 0.6) is 11.5 Å². The molecular weight excluding hydrogens is 372 g/mol. The van der Waals surface area contributed by atoms with Crippen LogP contribution in [0.15, 0.2) is 67.7 Å². The number of hydrogen-bond acceptors (Lipinski definition) is 6. The zero-order chi connectivity index (χ0) is 19.9. The summed E-state index contributed by atoms with van der Waals surface area (Å²) in [6, 6.07) is 11.5. The minimum atomic E-state index is -0.340. The van der Waals surface area contributed by atoms with Gasteiger partial charge < -0.3 is 9.47 Å². The van der Waals surface area contributed by atoms with Crippen LogP contribution in [0.4, 0.5) is 0 Å². The van der Waals surface area contributed by atoms with E-state index in [4.69, 9.17) is 9.47 Å². The van der Waals surface area contributed by atoms with Crippen LogP contribution in [0, 0.1) is 0 Å². The molecule has 138 valence electrons. The van der Waals surface area contributed by atoms with Gasteiger partial charge in [-0.05, 0) is 48.5 Å². The van der Waals surface area contributed by atoms with Gasteiger partial charge in [0.15, 0.2) is 33.2 Å². The SMILES string of the molecule is O=c1ccc(=O)c2c1ccc1c3c(c4ccc5c(=O)ccc(=O)c5c4c12)OCO3. The van der Waals surface area contributed by atoms with E-state index in [1.165, 1.54) is 24.3 Å². The van der Waals surface area contributed by atoms with E-state index in [2.05, 4.69) is 0 Å². The number of rotatable bonds is 0. The van der Waals surface area contributed by atoms with Crippen molar-refractivity contribution in [2.75, 3.05) is 6.79 Å². The zero-order valence-electron chi connectivity index (χ0n) is 14.8.